The van der Waals surface area contributed by atoms with Crippen molar-refractivity contribution in [1.29, 1.82) is 0 Å². The first-order valence-electron chi connectivity index (χ1n) is 5.54. The maximum atomic E-state index is 3.59. The predicted molar refractivity (Wildman–Crippen MR) is 66.9 cm³/mol. The zero-order chi connectivity index (χ0) is 10.5. The summed E-state index contributed by atoms with van der Waals surface area (Å²) in [6.45, 7) is 3.23. The maximum Gasteiger partial charge on any atom is 0.0220 e. The molecular weight excluding hydrogens is 252 g/mol. The Morgan fingerprint density at radius 1 is 1.40 bits per heavy atom. The number of rotatable bonds is 3. The summed E-state index contributed by atoms with van der Waals surface area (Å²) in [5.74, 6) is 0. The number of nitrogens with one attached hydrogen (secondary N) is 2. The number of benzene rings is 1. The first kappa shape index (κ1) is 11.1. The molecule has 1 saturated heterocycles. The molecule has 1 atom stereocenters. The van der Waals surface area contributed by atoms with Crippen molar-refractivity contribution < 1.29 is 0 Å². The van der Waals surface area contributed by atoms with Gasteiger partial charge >= 0.3 is 0 Å². The smallest absolute Gasteiger partial charge is 0.0220 e. The fraction of sp³-hybridized carbons (Fsp3) is 0.500. The molecule has 1 unspecified atom stereocenters. The Morgan fingerprint density at radius 2 is 2.27 bits per heavy atom. The first-order valence-corrected chi connectivity index (χ1v) is 6.33. The molecule has 1 aliphatic rings. The molecule has 82 valence electrons. The molecule has 2 N–H and O–H groups in total. The van der Waals surface area contributed by atoms with E-state index in [-0.39, 0.29) is 0 Å². The van der Waals surface area contributed by atoms with Crippen LogP contribution in [0.1, 0.15) is 18.4 Å². The highest BCUT2D eigenvalue weighted by Crippen LogP contribution is 2.15. The summed E-state index contributed by atoms with van der Waals surface area (Å²) in [4.78, 5) is 0. The second-order valence-corrected chi connectivity index (χ2v) is 4.87. The van der Waals surface area contributed by atoms with Gasteiger partial charge in [0.1, 0.15) is 0 Å². The van der Waals surface area contributed by atoms with Crippen LogP contribution in [0, 0.1) is 0 Å². The van der Waals surface area contributed by atoms with Gasteiger partial charge in [-0.15, -0.1) is 0 Å². The maximum absolute atomic E-state index is 3.59. The Balaban J connectivity index is 1.84. The SMILES string of the molecule is Brc1ccccc1CNC1CCCNC1. The number of hydrogen-bond acceptors (Lipinski definition) is 2. The summed E-state index contributed by atoms with van der Waals surface area (Å²) in [5, 5.41) is 7.00. The van der Waals surface area contributed by atoms with Crippen LogP contribution in [0.4, 0.5) is 0 Å². The van der Waals surface area contributed by atoms with Crippen LogP contribution in [0.15, 0.2) is 28.7 Å². The van der Waals surface area contributed by atoms with E-state index in [1.54, 1.807) is 0 Å². The number of hydrogen-bond donors (Lipinski definition) is 2. The van der Waals surface area contributed by atoms with Crippen LogP contribution in [-0.2, 0) is 6.54 Å². The van der Waals surface area contributed by atoms with Gasteiger partial charge in [0.2, 0.25) is 0 Å². The van der Waals surface area contributed by atoms with Gasteiger partial charge < -0.3 is 10.6 Å². The summed E-state index contributed by atoms with van der Waals surface area (Å²) in [5.41, 5.74) is 1.34. The van der Waals surface area contributed by atoms with Gasteiger partial charge in [0.25, 0.3) is 0 Å². The molecule has 3 heteroatoms. The van der Waals surface area contributed by atoms with Gasteiger partial charge in [-0.25, -0.2) is 0 Å². The van der Waals surface area contributed by atoms with E-state index in [1.807, 2.05) is 0 Å². The largest absolute Gasteiger partial charge is 0.315 e. The van der Waals surface area contributed by atoms with Crippen LogP contribution < -0.4 is 10.6 Å². The Morgan fingerprint density at radius 3 is 3.00 bits per heavy atom. The molecule has 0 saturated carbocycles. The molecule has 15 heavy (non-hydrogen) atoms. The van der Waals surface area contributed by atoms with Gasteiger partial charge in [-0.3, -0.25) is 0 Å². The number of halogens is 1. The van der Waals surface area contributed by atoms with Crippen molar-refractivity contribution in [2.45, 2.75) is 25.4 Å². The molecule has 1 aliphatic heterocycles. The number of piperidine rings is 1. The van der Waals surface area contributed by atoms with Crippen LogP contribution in [0.5, 0.6) is 0 Å². The van der Waals surface area contributed by atoms with Gasteiger partial charge in [0.15, 0.2) is 0 Å². The molecule has 0 aromatic heterocycles. The molecule has 2 rings (SSSR count). The lowest BCUT2D eigenvalue weighted by molar-refractivity contribution is 0.389. The van der Waals surface area contributed by atoms with E-state index >= 15 is 0 Å². The minimum absolute atomic E-state index is 0.630. The fourth-order valence-electron chi connectivity index (χ4n) is 1.92. The highest BCUT2D eigenvalue weighted by Gasteiger charge is 2.11. The lowest BCUT2D eigenvalue weighted by atomic mass is 10.1. The van der Waals surface area contributed by atoms with Crippen LogP contribution in [0.2, 0.25) is 0 Å². The van der Waals surface area contributed by atoms with Gasteiger partial charge in [-0.2, -0.15) is 0 Å². The third-order valence-corrected chi connectivity index (χ3v) is 3.61. The molecule has 1 fully saturated rings. The lowest BCUT2D eigenvalue weighted by Crippen LogP contribution is -2.42. The molecule has 1 aromatic carbocycles. The van der Waals surface area contributed by atoms with E-state index < -0.39 is 0 Å². The highest BCUT2D eigenvalue weighted by atomic mass is 79.9. The van der Waals surface area contributed by atoms with Crippen molar-refractivity contribution in [1.82, 2.24) is 10.6 Å². The summed E-state index contributed by atoms with van der Waals surface area (Å²) >= 11 is 3.57. The summed E-state index contributed by atoms with van der Waals surface area (Å²) in [6.07, 6.45) is 2.57. The molecule has 2 nitrogen and oxygen atoms in total. The quantitative estimate of drug-likeness (QED) is 0.879. The van der Waals surface area contributed by atoms with Gasteiger partial charge in [0, 0.05) is 23.6 Å². The Labute approximate surface area is 99.6 Å². The van der Waals surface area contributed by atoms with E-state index in [2.05, 4.69) is 50.8 Å². The van der Waals surface area contributed by atoms with Crippen molar-refractivity contribution in [2.75, 3.05) is 13.1 Å². The molecule has 0 spiro atoms. The molecule has 1 aromatic rings. The molecule has 1 heterocycles. The molecule has 0 amide bonds. The van der Waals surface area contributed by atoms with Crippen molar-refractivity contribution >= 4 is 15.9 Å². The fourth-order valence-corrected chi connectivity index (χ4v) is 2.35. The van der Waals surface area contributed by atoms with Crippen LogP contribution in [-0.4, -0.2) is 19.1 Å². The van der Waals surface area contributed by atoms with E-state index in [1.165, 1.54) is 29.4 Å². The van der Waals surface area contributed by atoms with E-state index in [4.69, 9.17) is 0 Å². The van der Waals surface area contributed by atoms with Crippen LogP contribution in [0.3, 0.4) is 0 Å². The van der Waals surface area contributed by atoms with Gasteiger partial charge in [0.05, 0.1) is 0 Å². The average Bonchev–Trinajstić information content (AvgIpc) is 2.29. The van der Waals surface area contributed by atoms with Crippen LogP contribution in [0.25, 0.3) is 0 Å². The molecule has 0 bridgehead atoms. The highest BCUT2D eigenvalue weighted by molar-refractivity contribution is 9.10. The van der Waals surface area contributed by atoms with Crippen molar-refractivity contribution in [3.05, 3.63) is 34.3 Å². The zero-order valence-electron chi connectivity index (χ0n) is 8.80. The zero-order valence-corrected chi connectivity index (χ0v) is 10.4. The second-order valence-electron chi connectivity index (χ2n) is 4.02. The van der Waals surface area contributed by atoms with E-state index in [9.17, 15) is 0 Å². The minimum Gasteiger partial charge on any atom is -0.315 e. The monoisotopic (exact) mass is 268 g/mol. The van der Waals surface area contributed by atoms with Gasteiger partial charge in [-0.05, 0) is 31.0 Å². The second kappa shape index (κ2) is 5.64. The van der Waals surface area contributed by atoms with E-state index in [0.717, 1.165) is 13.1 Å². The Kier molecular flexibility index (Phi) is 4.18. The Bertz CT molecular complexity index is 308. The topological polar surface area (TPSA) is 24.1 Å². The summed E-state index contributed by atoms with van der Waals surface area (Å²) in [7, 11) is 0. The third-order valence-electron chi connectivity index (χ3n) is 2.84. The first-order chi connectivity index (χ1) is 7.36. The Hall–Kier alpha value is -0.380. The van der Waals surface area contributed by atoms with Crippen molar-refractivity contribution in [3.63, 3.8) is 0 Å². The summed E-state index contributed by atoms with van der Waals surface area (Å²) < 4.78 is 1.20. The van der Waals surface area contributed by atoms with Crippen molar-refractivity contribution in [2.24, 2.45) is 0 Å². The van der Waals surface area contributed by atoms with Crippen LogP contribution >= 0.6 is 15.9 Å². The normalized spacial score (nSPS) is 21.5. The predicted octanol–water partition coefficient (Wildman–Crippen LogP) is 2.29. The lowest BCUT2D eigenvalue weighted by Gasteiger charge is -2.24. The standard InChI is InChI=1S/C12H17BrN2/c13-12-6-2-1-4-10(12)8-15-11-5-3-7-14-9-11/h1-2,4,6,11,14-15H,3,5,7-9H2. The third kappa shape index (κ3) is 3.30. The molecular formula is C12H17BrN2. The molecule has 0 aliphatic carbocycles. The summed E-state index contributed by atoms with van der Waals surface area (Å²) in [6, 6.07) is 9.02. The average molecular weight is 269 g/mol. The minimum atomic E-state index is 0.630. The van der Waals surface area contributed by atoms with E-state index in [0.29, 0.717) is 6.04 Å². The molecule has 0 radical (unpaired) electrons. The van der Waals surface area contributed by atoms with Crippen molar-refractivity contribution in [3.8, 4) is 0 Å². The van der Waals surface area contributed by atoms with Gasteiger partial charge in [-0.1, -0.05) is 34.1 Å².